The van der Waals surface area contributed by atoms with Gasteiger partial charge in [-0.25, -0.2) is 0 Å². The number of hydrogen-bond donors (Lipinski definition) is 1. The lowest BCUT2D eigenvalue weighted by atomic mass is 9.82. The van der Waals surface area contributed by atoms with Crippen molar-refractivity contribution in [2.75, 3.05) is 30.4 Å². The van der Waals surface area contributed by atoms with E-state index in [9.17, 15) is 9.59 Å². The van der Waals surface area contributed by atoms with Gasteiger partial charge in [0, 0.05) is 30.4 Å². The van der Waals surface area contributed by atoms with Gasteiger partial charge in [-0.2, -0.15) is 0 Å². The Labute approximate surface area is 152 Å². The first kappa shape index (κ1) is 15.6. The van der Waals surface area contributed by atoms with Crippen molar-refractivity contribution < 1.29 is 14.3 Å². The lowest BCUT2D eigenvalue weighted by Gasteiger charge is -2.27. The molecule has 5 nitrogen and oxygen atoms in total. The number of likely N-dealkylation sites (N-methyl/N-ethyl adjacent to an activating group) is 1. The molecule has 2 aromatic carbocycles. The molecule has 2 fully saturated rings. The van der Waals surface area contributed by atoms with Crippen LogP contribution in [0.3, 0.4) is 0 Å². The maximum Gasteiger partial charge on any atom is 0.196 e. The van der Waals surface area contributed by atoms with E-state index >= 15 is 0 Å². The highest BCUT2D eigenvalue weighted by atomic mass is 16.6. The molecule has 2 aliphatic carbocycles. The van der Waals surface area contributed by atoms with Crippen molar-refractivity contribution in [3.8, 4) is 0 Å². The van der Waals surface area contributed by atoms with Crippen LogP contribution in [0.4, 0.5) is 11.4 Å². The SMILES string of the molecule is CN(c1ccc(NCC2CC2)c2c1C(=O)c1ccccc1C2=O)[C@@H]1CO1. The van der Waals surface area contributed by atoms with E-state index in [-0.39, 0.29) is 17.8 Å². The molecule has 1 saturated heterocycles. The fraction of sp³-hybridized carbons (Fsp3) is 0.333. The first-order valence-electron chi connectivity index (χ1n) is 9.09. The molecule has 0 unspecified atom stereocenters. The molecule has 0 radical (unpaired) electrons. The molecule has 0 amide bonds. The molecule has 5 rings (SSSR count). The molecule has 1 heterocycles. The number of epoxide rings is 1. The van der Waals surface area contributed by atoms with Crippen LogP contribution in [0.25, 0.3) is 0 Å². The van der Waals surface area contributed by atoms with Crippen LogP contribution in [0.5, 0.6) is 0 Å². The van der Waals surface area contributed by atoms with Crippen molar-refractivity contribution in [1.82, 2.24) is 0 Å². The number of ether oxygens (including phenoxy) is 1. The number of nitrogens with one attached hydrogen (secondary N) is 1. The Morgan fingerprint density at radius 2 is 1.69 bits per heavy atom. The Balaban J connectivity index is 1.67. The van der Waals surface area contributed by atoms with Gasteiger partial charge in [-0.15, -0.1) is 0 Å². The van der Waals surface area contributed by atoms with Gasteiger partial charge in [0.15, 0.2) is 17.8 Å². The van der Waals surface area contributed by atoms with Gasteiger partial charge in [-0.3, -0.25) is 9.59 Å². The molecule has 5 heteroatoms. The Morgan fingerprint density at radius 3 is 2.31 bits per heavy atom. The smallest absolute Gasteiger partial charge is 0.196 e. The second-order valence-corrected chi connectivity index (χ2v) is 7.31. The van der Waals surface area contributed by atoms with E-state index in [2.05, 4.69) is 5.32 Å². The second kappa shape index (κ2) is 5.68. The molecule has 2 aromatic rings. The molecule has 3 aliphatic rings. The molecule has 1 atom stereocenters. The number of rotatable bonds is 5. The summed E-state index contributed by atoms with van der Waals surface area (Å²) in [4.78, 5) is 28.5. The fourth-order valence-corrected chi connectivity index (χ4v) is 3.65. The number of carbonyl (C=O) groups is 2. The first-order valence-corrected chi connectivity index (χ1v) is 9.09. The maximum absolute atomic E-state index is 13.3. The monoisotopic (exact) mass is 348 g/mol. The van der Waals surface area contributed by atoms with E-state index in [0.717, 1.165) is 17.9 Å². The summed E-state index contributed by atoms with van der Waals surface area (Å²) in [7, 11) is 1.91. The highest BCUT2D eigenvalue weighted by Gasteiger charge is 2.37. The predicted molar refractivity (Wildman–Crippen MR) is 99.1 cm³/mol. The molecule has 26 heavy (non-hydrogen) atoms. The zero-order valence-electron chi connectivity index (χ0n) is 14.6. The molecule has 1 saturated carbocycles. The highest BCUT2D eigenvalue weighted by molar-refractivity contribution is 6.32. The standard InChI is InChI=1S/C21H20N2O3/c1-23(17-11-26-17)16-9-8-15(22-10-12-6-7-12)18-19(16)21(25)14-5-3-2-4-13(14)20(18)24/h2-5,8-9,12,17,22H,6-7,10-11H2,1H3/t17-/m0/s1. The minimum Gasteiger partial charge on any atom is -0.384 e. The van der Waals surface area contributed by atoms with E-state index in [0.29, 0.717) is 34.8 Å². The second-order valence-electron chi connectivity index (χ2n) is 7.31. The highest BCUT2D eigenvalue weighted by Crippen LogP contribution is 2.39. The van der Waals surface area contributed by atoms with Crippen molar-refractivity contribution in [2.24, 2.45) is 5.92 Å². The number of ketones is 2. The van der Waals surface area contributed by atoms with Gasteiger partial charge in [-0.05, 0) is 30.9 Å². The van der Waals surface area contributed by atoms with Crippen molar-refractivity contribution in [3.05, 3.63) is 58.7 Å². The minimum atomic E-state index is -0.0900. The van der Waals surface area contributed by atoms with Gasteiger partial charge in [0.05, 0.1) is 23.4 Å². The Hall–Kier alpha value is -2.66. The topological polar surface area (TPSA) is 61.9 Å². The van der Waals surface area contributed by atoms with Gasteiger partial charge in [-0.1, -0.05) is 24.3 Å². The van der Waals surface area contributed by atoms with Gasteiger partial charge in [0.1, 0.15) is 0 Å². The number of carbonyl (C=O) groups excluding carboxylic acids is 2. The molecular formula is C21H20N2O3. The summed E-state index contributed by atoms with van der Waals surface area (Å²) in [5.74, 6) is 0.503. The third kappa shape index (κ3) is 2.42. The fourth-order valence-electron chi connectivity index (χ4n) is 3.65. The van der Waals surface area contributed by atoms with E-state index < -0.39 is 0 Å². The largest absolute Gasteiger partial charge is 0.384 e. The number of anilines is 2. The Bertz CT molecular complexity index is 929. The quantitative estimate of drug-likeness (QED) is 0.718. The van der Waals surface area contributed by atoms with Crippen molar-refractivity contribution >= 4 is 22.9 Å². The Morgan fingerprint density at radius 1 is 1.04 bits per heavy atom. The summed E-state index contributed by atoms with van der Waals surface area (Å²) >= 11 is 0. The lowest BCUT2D eigenvalue weighted by Crippen LogP contribution is -2.29. The first-order chi connectivity index (χ1) is 12.6. The van der Waals surface area contributed by atoms with Crippen molar-refractivity contribution in [3.63, 3.8) is 0 Å². The van der Waals surface area contributed by atoms with Crippen LogP contribution in [0.2, 0.25) is 0 Å². The van der Waals surface area contributed by atoms with Gasteiger partial charge < -0.3 is 15.0 Å². The molecular weight excluding hydrogens is 328 g/mol. The number of nitrogens with zero attached hydrogens (tertiary/aromatic N) is 1. The third-order valence-electron chi connectivity index (χ3n) is 5.46. The average molecular weight is 348 g/mol. The molecule has 132 valence electrons. The summed E-state index contributed by atoms with van der Waals surface area (Å²) < 4.78 is 5.38. The zero-order chi connectivity index (χ0) is 17.8. The van der Waals surface area contributed by atoms with E-state index in [1.165, 1.54) is 12.8 Å². The third-order valence-corrected chi connectivity index (χ3v) is 5.46. The summed E-state index contributed by atoms with van der Waals surface area (Å²) in [6.07, 6.45) is 2.43. The van der Waals surface area contributed by atoms with Crippen LogP contribution in [0.15, 0.2) is 36.4 Å². The van der Waals surface area contributed by atoms with Crippen LogP contribution in [0, 0.1) is 5.92 Å². The minimum absolute atomic E-state index is 0.0237. The van der Waals surface area contributed by atoms with Crippen LogP contribution in [-0.2, 0) is 4.74 Å². The number of fused-ring (bicyclic) bond motifs is 2. The average Bonchev–Trinajstić information content (AvgIpc) is 3.56. The molecule has 1 N–H and O–H groups in total. The molecule has 0 bridgehead atoms. The van der Waals surface area contributed by atoms with Crippen LogP contribution < -0.4 is 10.2 Å². The summed E-state index contributed by atoms with van der Waals surface area (Å²) in [5, 5.41) is 3.40. The summed E-state index contributed by atoms with van der Waals surface area (Å²) in [6.45, 7) is 1.49. The molecule has 0 aromatic heterocycles. The number of benzene rings is 2. The van der Waals surface area contributed by atoms with Crippen molar-refractivity contribution in [2.45, 2.75) is 19.1 Å². The van der Waals surface area contributed by atoms with Gasteiger partial charge in [0.2, 0.25) is 0 Å². The van der Waals surface area contributed by atoms with Gasteiger partial charge >= 0.3 is 0 Å². The molecule has 0 spiro atoms. The summed E-state index contributed by atoms with van der Waals surface area (Å²) in [5.41, 5.74) is 3.48. The van der Waals surface area contributed by atoms with Gasteiger partial charge in [0.25, 0.3) is 0 Å². The van der Waals surface area contributed by atoms with Crippen LogP contribution in [-0.4, -0.2) is 38.0 Å². The van der Waals surface area contributed by atoms with E-state index in [1.807, 2.05) is 24.1 Å². The zero-order valence-corrected chi connectivity index (χ0v) is 14.6. The van der Waals surface area contributed by atoms with E-state index in [1.54, 1.807) is 24.3 Å². The Kier molecular flexibility index (Phi) is 3.40. The van der Waals surface area contributed by atoms with Crippen molar-refractivity contribution in [1.29, 1.82) is 0 Å². The van der Waals surface area contributed by atoms with Crippen LogP contribution >= 0.6 is 0 Å². The molecule has 1 aliphatic heterocycles. The normalized spacial score (nSPS) is 20.4. The summed E-state index contributed by atoms with van der Waals surface area (Å²) in [6, 6.07) is 10.9. The maximum atomic E-state index is 13.3. The number of hydrogen-bond acceptors (Lipinski definition) is 5. The lowest BCUT2D eigenvalue weighted by molar-refractivity contribution is 0.0980. The van der Waals surface area contributed by atoms with Crippen LogP contribution in [0.1, 0.15) is 44.7 Å². The van der Waals surface area contributed by atoms with E-state index in [4.69, 9.17) is 4.74 Å². The predicted octanol–water partition coefficient (Wildman–Crippen LogP) is 3.08.